The van der Waals surface area contributed by atoms with Gasteiger partial charge in [-0.3, -0.25) is 0 Å². The fourth-order valence-corrected chi connectivity index (χ4v) is 5.45. The van der Waals surface area contributed by atoms with Gasteiger partial charge in [-0.25, -0.2) is 8.42 Å². The molecule has 1 heterocycles. The van der Waals surface area contributed by atoms with Gasteiger partial charge in [-0.15, -0.1) is 0 Å². The Balaban J connectivity index is 1.45. The van der Waals surface area contributed by atoms with E-state index in [1.54, 1.807) is 0 Å². The standard InChI is InChI=1S/C13H21NO2S/c15-17(16)5-1-2-13(17)9-14-8-12-7-10-3-4-11(12)6-10/h3-4,10-14H,1-2,5-9H2. The van der Waals surface area contributed by atoms with E-state index in [4.69, 9.17) is 0 Å². The van der Waals surface area contributed by atoms with Gasteiger partial charge in [0.05, 0.1) is 11.0 Å². The number of sulfone groups is 1. The molecule has 4 atom stereocenters. The fourth-order valence-electron chi connectivity index (χ4n) is 3.65. The van der Waals surface area contributed by atoms with Crippen LogP contribution in [0.5, 0.6) is 0 Å². The van der Waals surface area contributed by atoms with Crippen molar-refractivity contribution >= 4 is 9.84 Å². The van der Waals surface area contributed by atoms with Gasteiger partial charge in [0.15, 0.2) is 9.84 Å². The smallest absolute Gasteiger partial charge is 0.154 e. The number of hydrogen-bond acceptors (Lipinski definition) is 3. The van der Waals surface area contributed by atoms with Crippen LogP contribution in [0.4, 0.5) is 0 Å². The van der Waals surface area contributed by atoms with E-state index in [-0.39, 0.29) is 5.25 Å². The van der Waals surface area contributed by atoms with E-state index in [0.717, 1.165) is 37.1 Å². The van der Waals surface area contributed by atoms with Gasteiger partial charge >= 0.3 is 0 Å². The van der Waals surface area contributed by atoms with Crippen LogP contribution in [-0.2, 0) is 9.84 Å². The van der Waals surface area contributed by atoms with Crippen molar-refractivity contribution in [2.24, 2.45) is 17.8 Å². The minimum atomic E-state index is -2.77. The Bertz CT molecular complexity index is 415. The highest BCUT2D eigenvalue weighted by Gasteiger charge is 2.36. The molecule has 17 heavy (non-hydrogen) atoms. The first-order chi connectivity index (χ1) is 8.15. The van der Waals surface area contributed by atoms with Crippen LogP contribution in [0.2, 0.25) is 0 Å². The lowest BCUT2D eigenvalue weighted by molar-refractivity contribution is 0.413. The highest BCUT2D eigenvalue weighted by atomic mass is 32.2. The highest BCUT2D eigenvalue weighted by molar-refractivity contribution is 7.92. The topological polar surface area (TPSA) is 46.2 Å². The quantitative estimate of drug-likeness (QED) is 0.772. The average molecular weight is 255 g/mol. The Morgan fingerprint density at radius 1 is 1.18 bits per heavy atom. The second-order valence-electron chi connectivity index (χ2n) is 5.83. The van der Waals surface area contributed by atoms with Gasteiger partial charge in [-0.2, -0.15) is 0 Å². The predicted molar refractivity (Wildman–Crippen MR) is 68.5 cm³/mol. The Hall–Kier alpha value is -0.350. The maximum Gasteiger partial charge on any atom is 0.154 e. The molecule has 3 rings (SSSR count). The van der Waals surface area contributed by atoms with E-state index in [1.807, 2.05) is 0 Å². The van der Waals surface area contributed by atoms with Gasteiger partial charge in [0.1, 0.15) is 0 Å². The van der Waals surface area contributed by atoms with Crippen molar-refractivity contribution in [3.05, 3.63) is 12.2 Å². The highest BCUT2D eigenvalue weighted by Crippen LogP contribution is 2.42. The molecule has 2 fully saturated rings. The SMILES string of the molecule is O=S1(=O)CCCC1CNCC1CC2C=CC1C2. The molecule has 4 heteroatoms. The first-order valence-electron chi connectivity index (χ1n) is 6.76. The summed E-state index contributed by atoms with van der Waals surface area (Å²) in [7, 11) is -2.77. The third-order valence-electron chi connectivity index (χ3n) is 4.66. The van der Waals surface area contributed by atoms with Crippen molar-refractivity contribution in [3.63, 3.8) is 0 Å². The predicted octanol–water partition coefficient (Wildman–Crippen LogP) is 1.37. The van der Waals surface area contributed by atoms with Crippen molar-refractivity contribution in [2.45, 2.75) is 30.9 Å². The molecule has 1 N–H and O–H groups in total. The van der Waals surface area contributed by atoms with Crippen LogP contribution in [-0.4, -0.2) is 32.5 Å². The lowest BCUT2D eigenvalue weighted by Gasteiger charge is -2.19. The lowest BCUT2D eigenvalue weighted by Crippen LogP contribution is -2.34. The summed E-state index contributed by atoms with van der Waals surface area (Å²) in [5.74, 6) is 2.71. The van der Waals surface area contributed by atoms with Crippen LogP contribution >= 0.6 is 0 Å². The summed E-state index contributed by atoms with van der Waals surface area (Å²) in [6, 6.07) is 0. The van der Waals surface area contributed by atoms with Gasteiger partial charge in [0.2, 0.25) is 0 Å². The molecule has 0 aromatic heterocycles. The zero-order valence-corrected chi connectivity index (χ0v) is 11.0. The molecule has 3 aliphatic rings. The van der Waals surface area contributed by atoms with Gasteiger partial charge in [0, 0.05) is 6.54 Å². The van der Waals surface area contributed by atoms with Crippen molar-refractivity contribution < 1.29 is 8.42 Å². The minimum Gasteiger partial charge on any atom is -0.315 e. The summed E-state index contributed by atoms with van der Waals surface area (Å²) < 4.78 is 23.3. The summed E-state index contributed by atoms with van der Waals surface area (Å²) in [5, 5.41) is 3.28. The Labute approximate surface area is 104 Å². The molecule has 1 aliphatic heterocycles. The summed E-state index contributed by atoms with van der Waals surface area (Å²) in [4.78, 5) is 0. The van der Waals surface area contributed by atoms with Gasteiger partial charge in [-0.1, -0.05) is 12.2 Å². The molecule has 0 amide bonds. The molecular weight excluding hydrogens is 234 g/mol. The number of fused-ring (bicyclic) bond motifs is 2. The van der Waals surface area contributed by atoms with Crippen LogP contribution in [0.25, 0.3) is 0 Å². The Kier molecular flexibility index (Phi) is 3.03. The normalized spacial score (nSPS) is 42.4. The molecule has 1 saturated carbocycles. The molecule has 4 unspecified atom stereocenters. The number of rotatable bonds is 4. The van der Waals surface area contributed by atoms with Crippen LogP contribution in [0.1, 0.15) is 25.7 Å². The molecular formula is C13H21NO2S. The maximum atomic E-state index is 11.7. The van der Waals surface area contributed by atoms with Crippen LogP contribution in [0.3, 0.4) is 0 Å². The number of nitrogens with one attached hydrogen (secondary N) is 1. The van der Waals surface area contributed by atoms with Gasteiger partial charge in [0.25, 0.3) is 0 Å². The Morgan fingerprint density at radius 2 is 2.06 bits per heavy atom. The molecule has 2 aliphatic carbocycles. The summed E-state index contributed by atoms with van der Waals surface area (Å²) >= 11 is 0. The molecule has 1 saturated heterocycles. The lowest BCUT2D eigenvalue weighted by atomic mass is 9.93. The molecule has 3 nitrogen and oxygen atoms in total. The van der Waals surface area contributed by atoms with E-state index < -0.39 is 9.84 Å². The average Bonchev–Trinajstić information content (AvgIpc) is 2.94. The molecule has 0 spiro atoms. The fraction of sp³-hybridized carbons (Fsp3) is 0.846. The third-order valence-corrected chi connectivity index (χ3v) is 6.93. The number of hydrogen-bond donors (Lipinski definition) is 1. The van der Waals surface area contributed by atoms with Crippen molar-refractivity contribution in [2.75, 3.05) is 18.8 Å². The first kappa shape index (κ1) is 11.7. The van der Waals surface area contributed by atoms with E-state index in [1.165, 1.54) is 12.8 Å². The maximum absolute atomic E-state index is 11.7. The molecule has 0 radical (unpaired) electrons. The van der Waals surface area contributed by atoms with E-state index >= 15 is 0 Å². The number of allylic oxidation sites excluding steroid dienone is 2. The monoisotopic (exact) mass is 255 g/mol. The molecule has 0 aromatic rings. The van der Waals surface area contributed by atoms with E-state index in [0.29, 0.717) is 12.3 Å². The van der Waals surface area contributed by atoms with Crippen LogP contribution in [0, 0.1) is 17.8 Å². The van der Waals surface area contributed by atoms with Crippen molar-refractivity contribution in [1.29, 1.82) is 0 Å². The van der Waals surface area contributed by atoms with Gasteiger partial charge < -0.3 is 5.32 Å². The van der Waals surface area contributed by atoms with Crippen LogP contribution < -0.4 is 5.32 Å². The van der Waals surface area contributed by atoms with Crippen molar-refractivity contribution in [1.82, 2.24) is 5.32 Å². The summed E-state index contributed by atoms with van der Waals surface area (Å²) in [5.41, 5.74) is 0. The van der Waals surface area contributed by atoms with E-state index in [9.17, 15) is 8.42 Å². The zero-order valence-electron chi connectivity index (χ0n) is 10.1. The van der Waals surface area contributed by atoms with Crippen LogP contribution in [0.15, 0.2) is 12.2 Å². The minimum absolute atomic E-state index is 0.114. The summed E-state index contributed by atoms with van der Waals surface area (Å²) in [6.45, 7) is 1.66. The first-order valence-corrected chi connectivity index (χ1v) is 8.47. The zero-order chi connectivity index (χ0) is 11.9. The molecule has 0 aromatic carbocycles. The van der Waals surface area contributed by atoms with Gasteiger partial charge in [-0.05, 0) is 50.0 Å². The molecule has 2 bridgehead atoms. The van der Waals surface area contributed by atoms with Crippen molar-refractivity contribution in [3.8, 4) is 0 Å². The van der Waals surface area contributed by atoms with E-state index in [2.05, 4.69) is 17.5 Å². The summed E-state index contributed by atoms with van der Waals surface area (Å²) in [6.07, 6.45) is 9.03. The second-order valence-corrected chi connectivity index (χ2v) is 8.23. The largest absolute Gasteiger partial charge is 0.315 e. The Morgan fingerprint density at radius 3 is 2.65 bits per heavy atom. The third kappa shape index (κ3) is 2.29. The molecule has 96 valence electrons. The second kappa shape index (κ2) is 4.39.